The Morgan fingerprint density at radius 1 is 0.933 bits per heavy atom. The molecular formula is C21H24BrN3O5. The van der Waals surface area contributed by atoms with Crippen LogP contribution in [0, 0.1) is 0 Å². The molecule has 0 heterocycles. The van der Waals surface area contributed by atoms with Crippen LogP contribution >= 0.6 is 15.9 Å². The van der Waals surface area contributed by atoms with Crippen molar-refractivity contribution in [3.05, 3.63) is 58.1 Å². The highest BCUT2D eigenvalue weighted by Gasteiger charge is 2.12. The molecule has 0 radical (unpaired) electrons. The van der Waals surface area contributed by atoms with Gasteiger partial charge in [0.05, 0.1) is 11.1 Å². The van der Waals surface area contributed by atoms with Crippen LogP contribution in [-0.2, 0) is 9.53 Å². The Hall–Kier alpha value is -2.91. The summed E-state index contributed by atoms with van der Waals surface area (Å²) in [5.41, 5.74) is 6.02. The third-order valence-corrected chi connectivity index (χ3v) is 4.56. The first-order chi connectivity index (χ1) is 14.4. The van der Waals surface area contributed by atoms with Crippen molar-refractivity contribution in [1.82, 2.24) is 10.9 Å². The molecule has 3 amide bonds. The van der Waals surface area contributed by atoms with Crippen molar-refractivity contribution in [2.24, 2.45) is 0 Å². The summed E-state index contributed by atoms with van der Waals surface area (Å²) < 4.78 is 11.1. The maximum Gasteiger partial charge on any atom is 0.269 e. The lowest BCUT2D eigenvalue weighted by Crippen LogP contribution is -2.41. The van der Waals surface area contributed by atoms with Crippen molar-refractivity contribution in [2.75, 3.05) is 25.6 Å². The monoisotopic (exact) mass is 477 g/mol. The molecule has 9 heteroatoms. The number of halogens is 1. The second-order valence-corrected chi connectivity index (χ2v) is 7.12. The summed E-state index contributed by atoms with van der Waals surface area (Å²) in [6.45, 7) is 2.76. The van der Waals surface area contributed by atoms with Gasteiger partial charge in [-0.15, -0.1) is 0 Å². The predicted octanol–water partition coefficient (Wildman–Crippen LogP) is 3.29. The molecule has 0 atom stereocenters. The lowest BCUT2D eigenvalue weighted by Gasteiger charge is -2.11. The van der Waals surface area contributed by atoms with Gasteiger partial charge in [-0.2, -0.15) is 0 Å². The molecule has 0 saturated heterocycles. The van der Waals surface area contributed by atoms with Gasteiger partial charge in [0.1, 0.15) is 12.4 Å². The first kappa shape index (κ1) is 23.4. The first-order valence-electron chi connectivity index (χ1n) is 9.36. The summed E-state index contributed by atoms with van der Waals surface area (Å²) in [5.74, 6) is -0.452. The number of benzene rings is 2. The number of carbonyl (C=O) groups is 3. The highest BCUT2D eigenvalue weighted by molar-refractivity contribution is 9.10. The zero-order valence-electron chi connectivity index (χ0n) is 16.8. The molecule has 0 unspecified atom stereocenters. The van der Waals surface area contributed by atoms with Crippen LogP contribution in [-0.4, -0.2) is 38.0 Å². The fourth-order valence-electron chi connectivity index (χ4n) is 2.41. The van der Waals surface area contributed by atoms with Crippen LogP contribution in [0.25, 0.3) is 0 Å². The zero-order chi connectivity index (χ0) is 21.9. The van der Waals surface area contributed by atoms with Crippen LogP contribution in [0.4, 0.5) is 5.69 Å². The lowest BCUT2D eigenvalue weighted by molar-refractivity contribution is -0.116. The largest absolute Gasteiger partial charge is 0.490 e. The Morgan fingerprint density at radius 2 is 1.57 bits per heavy atom. The highest BCUT2D eigenvalue weighted by Crippen LogP contribution is 2.26. The fourth-order valence-corrected chi connectivity index (χ4v) is 2.90. The molecule has 0 aliphatic heterocycles. The zero-order valence-corrected chi connectivity index (χ0v) is 18.4. The highest BCUT2D eigenvalue weighted by atomic mass is 79.9. The minimum Gasteiger partial charge on any atom is -0.490 e. The Morgan fingerprint density at radius 3 is 2.17 bits per heavy atom. The van der Waals surface area contributed by atoms with Crippen molar-refractivity contribution >= 4 is 39.3 Å². The van der Waals surface area contributed by atoms with E-state index in [-0.39, 0.29) is 5.91 Å². The van der Waals surface area contributed by atoms with E-state index in [0.29, 0.717) is 46.7 Å². The topological polar surface area (TPSA) is 106 Å². The summed E-state index contributed by atoms with van der Waals surface area (Å²) in [4.78, 5) is 36.1. The van der Waals surface area contributed by atoms with Crippen molar-refractivity contribution < 1.29 is 23.9 Å². The predicted molar refractivity (Wildman–Crippen MR) is 116 cm³/mol. The molecule has 8 nitrogen and oxygen atoms in total. The molecule has 30 heavy (non-hydrogen) atoms. The van der Waals surface area contributed by atoms with Crippen LogP contribution in [0.3, 0.4) is 0 Å². The van der Waals surface area contributed by atoms with E-state index in [2.05, 4.69) is 32.1 Å². The molecule has 2 aromatic rings. The minimum atomic E-state index is -0.478. The van der Waals surface area contributed by atoms with Gasteiger partial charge in [0.25, 0.3) is 11.8 Å². The van der Waals surface area contributed by atoms with Gasteiger partial charge in [-0.25, -0.2) is 0 Å². The second kappa shape index (κ2) is 11.9. The van der Waals surface area contributed by atoms with Gasteiger partial charge < -0.3 is 14.8 Å². The summed E-state index contributed by atoms with van der Waals surface area (Å²) in [6.07, 6.45) is 1.19. The number of anilines is 1. The van der Waals surface area contributed by atoms with E-state index in [0.717, 1.165) is 6.42 Å². The maximum absolute atomic E-state index is 12.3. The number of nitrogens with one attached hydrogen (secondary N) is 3. The number of rotatable bonds is 9. The van der Waals surface area contributed by atoms with E-state index >= 15 is 0 Å². The van der Waals surface area contributed by atoms with Crippen LogP contribution in [0.5, 0.6) is 5.75 Å². The molecule has 0 aromatic heterocycles. The van der Waals surface area contributed by atoms with Gasteiger partial charge in [-0.3, -0.25) is 25.2 Å². The molecule has 2 aromatic carbocycles. The molecule has 0 saturated carbocycles. The average Bonchev–Trinajstić information content (AvgIpc) is 2.73. The third kappa shape index (κ3) is 7.16. The summed E-state index contributed by atoms with van der Waals surface area (Å²) in [6, 6.07) is 11.2. The average molecular weight is 478 g/mol. The minimum absolute atomic E-state index is 0.0803. The summed E-state index contributed by atoms with van der Waals surface area (Å²) >= 11 is 3.35. The van der Waals surface area contributed by atoms with Crippen LogP contribution in [0.2, 0.25) is 0 Å². The molecule has 2 rings (SSSR count). The van der Waals surface area contributed by atoms with Gasteiger partial charge in [0, 0.05) is 30.3 Å². The van der Waals surface area contributed by atoms with Gasteiger partial charge in [-0.1, -0.05) is 6.92 Å². The Bertz CT molecular complexity index is 887. The van der Waals surface area contributed by atoms with Crippen LogP contribution in [0.15, 0.2) is 46.9 Å². The summed E-state index contributed by atoms with van der Waals surface area (Å²) in [7, 11) is 1.58. The SMILES string of the molecule is CCCC(=O)Nc1ccc(C(=O)NNC(=O)c2ccc(OCCOC)c(Br)c2)cc1. The molecular weight excluding hydrogens is 454 g/mol. The number of hydrogen-bond acceptors (Lipinski definition) is 5. The number of amides is 3. The normalized spacial score (nSPS) is 10.2. The molecule has 0 fully saturated rings. The Kier molecular flexibility index (Phi) is 9.30. The quantitative estimate of drug-likeness (QED) is 0.379. The van der Waals surface area contributed by atoms with Crippen LogP contribution < -0.4 is 20.9 Å². The fraction of sp³-hybridized carbons (Fsp3) is 0.286. The van der Waals surface area contributed by atoms with Gasteiger partial charge in [0.2, 0.25) is 5.91 Å². The van der Waals surface area contributed by atoms with Crippen LogP contribution in [0.1, 0.15) is 40.5 Å². The molecule has 3 N–H and O–H groups in total. The molecule has 160 valence electrons. The Labute approximate surface area is 183 Å². The molecule has 0 aliphatic rings. The van der Waals surface area contributed by atoms with E-state index in [9.17, 15) is 14.4 Å². The number of hydrogen-bond donors (Lipinski definition) is 3. The van der Waals surface area contributed by atoms with E-state index in [4.69, 9.17) is 9.47 Å². The Balaban J connectivity index is 1.88. The van der Waals surface area contributed by atoms with Crippen molar-refractivity contribution in [2.45, 2.75) is 19.8 Å². The van der Waals surface area contributed by atoms with E-state index in [1.165, 1.54) is 0 Å². The molecule has 0 aliphatic carbocycles. The second-order valence-electron chi connectivity index (χ2n) is 6.27. The maximum atomic E-state index is 12.3. The number of carbonyl (C=O) groups excluding carboxylic acids is 3. The first-order valence-corrected chi connectivity index (χ1v) is 10.2. The number of ether oxygens (including phenoxy) is 2. The van der Waals surface area contributed by atoms with Crippen molar-refractivity contribution in [3.8, 4) is 5.75 Å². The van der Waals surface area contributed by atoms with Gasteiger partial charge in [0.15, 0.2) is 0 Å². The van der Waals surface area contributed by atoms with Gasteiger partial charge in [-0.05, 0) is 64.8 Å². The summed E-state index contributed by atoms with van der Waals surface area (Å²) in [5, 5.41) is 2.74. The van der Waals surface area contributed by atoms with E-state index in [1.807, 2.05) is 6.92 Å². The molecule has 0 bridgehead atoms. The smallest absolute Gasteiger partial charge is 0.269 e. The van der Waals surface area contributed by atoms with E-state index < -0.39 is 11.8 Å². The molecule has 0 spiro atoms. The third-order valence-electron chi connectivity index (χ3n) is 3.94. The number of hydrazine groups is 1. The van der Waals surface area contributed by atoms with E-state index in [1.54, 1.807) is 49.6 Å². The standard InChI is InChI=1S/C21H24BrN3O5/c1-3-4-19(26)23-16-8-5-14(6-9-16)20(27)24-25-21(28)15-7-10-18(17(22)13-15)30-12-11-29-2/h5-10,13H,3-4,11-12H2,1-2H3,(H,23,26)(H,24,27)(H,25,28). The van der Waals surface area contributed by atoms with Crippen molar-refractivity contribution in [3.63, 3.8) is 0 Å². The van der Waals surface area contributed by atoms with Gasteiger partial charge >= 0.3 is 0 Å². The van der Waals surface area contributed by atoms with Crippen molar-refractivity contribution in [1.29, 1.82) is 0 Å². The lowest BCUT2D eigenvalue weighted by atomic mass is 10.2. The number of methoxy groups -OCH3 is 1.